The lowest BCUT2D eigenvalue weighted by Gasteiger charge is -2.11. The maximum absolute atomic E-state index is 13.0. The van der Waals surface area contributed by atoms with E-state index in [1.54, 1.807) is 35.0 Å². The third-order valence-electron chi connectivity index (χ3n) is 5.87. The lowest BCUT2D eigenvalue weighted by atomic mass is 9.99. The summed E-state index contributed by atoms with van der Waals surface area (Å²) in [4.78, 5) is 24.4. The number of anilines is 3. The molecule has 0 unspecified atom stereocenters. The summed E-state index contributed by atoms with van der Waals surface area (Å²) in [6.45, 7) is 0.603. The topological polar surface area (TPSA) is 169 Å². The van der Waals surface area contributed by atoms with Crippen LogP contribution in [0.4, 0.5) is 35.3 Å². The van der Waals surface area contributed by atoms with Crippen molar-refractivity contribution in [1.82, 2.24) is 29.9 Å². The number of carbonyl (C=O) groups excluding carboxylic acids is 1. The van der Waals surface area contributed by atoms with Crippen molar-refractivity contribution in [2.75, 3.05) is 29.5 Å². The molecule has 0 aliphatic rings. The number of nitrogen functional groups attached to an aromatic ring is 1. The van der Waals surface area contributed by atoms with E-state index in [0.717, 1.165) is 18.3 Å². The van der Waals surface area contributed by atoms with Crippen molar-refractivity contribution in [3.05, 3.63) is 72.8 Å². The third kappa shape index (κ3) is 5.41. The zero-order chi connectivity index (χ0) is 28.3. The zero-order valence-electron chi connectivity index (χ0n) is 20.6. The lowest BCUT2D eigenvalue weighted by Crippen LogP contribution is -2.20. The van der Waals surface area contributed by atoms with E-state index < -0.39 is 17.8 Å². The molecule has 206 valence electrons. The summed E-state index contributed by atoms with van der Waals surface area (Å²) in [7, 11) is 0. The van der Waals surface area contributed by atoms with Crippen LogP contribution in [0.15, 0.2) is 65.9 Å². The minimum atomic E-state index is -4.57. The Hall–Kier alpha value is -5.02. The number of oxazole rings is 1. The van der Waals surface area contributed by atoms with Crippen molar-refractivity contribution >= 4 is 28.9 Å². The number of aromatic nitrogens is 5. The van der Waals surface area contributed by atoms with Gasteiger partial charge in [-0.25, -0.2) is 24.3 Å². The normalized spacial score (nSPS) is 11.6. The van der Waals surface area contributed by atoms with Gasteiger partial charge in [-0.3, -0.25) is 5.32 Å². The highest BCUT2D eigenvalue weighted by molar-refractivity contribution is 6.01. The zero-order valence-corrected chi connectivity index (χ0v) is 20.6. The van der Waals surface area contributed by atoms with Crippen molar-refractivity contribution in [2.45, 2.75) is 12.7 Å². The van der Waals surface area contributed by atoms with E-state index in [1.807, 2.05) is 0 Å². The van der Waals surface area contributed by atoms with Crippen molar-refractivity contribution in [3.63, 3.8) is 0 Å². The van der Waals surface area contributed by atoms with Gasteiger partial charge in [0.2, 0.25) is 0 Å². The molecule has 0 radical (unpaired) electrons. The van der Waals surface area contributed by atoms with Gasteiger partial charge >= 0.3 is 12.2 Å². The van der Waals surface area contributed by atoms with E-state index in [4.69, 9.17) is 10.2 Å². The molecule has 6 N–H and O–H groups in total. The van der Waals surface area contributed by atoms with Gasteiger partial charge in [0.15, 0.2) is 18.0 Å². The van der Waals surface area contributed by atoms with Crippen LogP contribution >= 0.6 is 0 Å². The number of pyridine rings is 1. The molecule has 0 atom stereocenters. The second kappa shape index (κ2) is 11.0. The van der Waals surface area contributed by atoms with Gasteiger partial charge < -0.3 is 25.9 Å². The van der Waals surface area contributed by atoms with Crippen LogP contribution in [0, 0.1) is 0 Å². The number of hydrogen-bond acceptors (Lipinski definition) is 9. The van der Waals surface area contributed by atoms with E-state index >= 15 is 0 Å². The summed E-state index contributed by atoms with van der Waals surface area (Å²) in [5.74, 6) is 0.420. The molecule has 5 aromatic rings. The van der Waals surface area contributed by atoms with Gasteiger partial charge in [-0.05, 0) is 29.8 Å². The molecule has 0 aliphatic carbocycles. The molecule has 5 rings (SSSR count). The minimum Gasteiger partial charge on any atom is -0.443 e. The number of urea groups is 1. The van der Waals surface area contributed by atoms with Gasteiger partial charge in [0.05, 0.1) is 29.6 Å². The van der Waals surface area contributed by atoms with E-state index in [0.29, 0.717) is 52.4 Å². The standard InChI is InChI=1S/C25H22F3N9O3/c26-25(27,28)15-5-6-32-19(9-15)36-24(39)35-16-3-1-14(2-4-16)20-21(18-11-31-13-40-18)17(10-30-7-8-38)37-22(20)23(29)33-12-34-37/h1-6,9,11-13,30,38H,7-8,10H2,(H2,29,33,34)(H2,32,35,36,39). The van der Waals surface area contributed by atoms with E-state index in [2.05, 4.69) is 36.0 Å². The number of rotatable bonds is 8. The molecule has 0 aliphatic heterocycles. The van der Waals surface area contributed by atoms with E-state index in [-0.39, 0.29) is 18.2 Å². The van der Waals surface area contributed by atoms with Gasteiger partial charge in [-0.1, -0.05) is 12.1 Å². The molecule has 0 fully saturated rings. The highest BCUT2D eigenvalue weighted by atomic mass is 19.4. The van der Waals surface area contributed by atoms with Crippen LogP contribution in [0.5, 0.6) is 0 Å². The maximum atomic E-state index is 13.0. The first kappa shape index (κ1) is 26.6. The summed E-state index contributed by atoms with van der Waals surface area (Å²) in [6.07, 6.45) is 0.579. The fourth-order valence-electron chi connectivity index (χ4n) is 4.18. The Bertz CT molecular complexity index is 1640. The SMILES string of the molecule is Nc1ncnn2c(CNCCO)c(-c3cnco3)c(-c3ccc(NC(=O)Nc4cc(C(F)(F)F)ccn4)cc3)c12. The van der Waals surface area contributed by atoms with Crippen LogP contribution in [-0.4, -0.2) is 48.9 Å². The van der Waals surface area contributed by atoms with Crippen molar-refractivity contribution in [1.29, 1.82) is 0 Å². The number of aliphatic hydroxyl groups excluding tert-OH is 1. The van der Waals surface area contributed by atoms with Crippen molar-refractivity contribution in [2.24, 2.45) is 0 Å². The predicted molar refractivity (Wildman–Crippen MR) is 139 cm³/mol. The summed E-state index contributed by atoms with van der Waals surface area (Å²) in [6, 6.07) is 7.47. The summed E-state index contributed by atoms with van der Waals surface area (Å²) >= 11 is 0. The van der Waals surface area contributed by atoms with Gasteiger partial charge in [0, 0.05) is 30.5 Å². The largest absolute Gasteiger partial charge is 0.443 e. The molecule has 15 heteroatoms. The van der Waals surface area contributed by atoms with Crippen LogP contribution in [0.3, 0.4) is 0 Å². The number of benzene rings is 1. The number of hydrogen-bond donors (Lipinski definition) is 5. The Morgan fingerprint density at radius 1 is 1.10 bits per heavy atom. The number of halogens is 3. The van der Waals surface area contributed by atoms with Gasteiger partial charge in [0.1, 0.15) is 17.7 Å². The molecule has 2 amide bonds. The molecule has 40 heavy (non-hydrogen) atoms. The number of alkyl halides is 3. The number of amides is 2. The number of nitrogens with two attached hydrogens (primary N) is 1. The van der Waals surface area contributed by atoms with Crippen LogP contribution in [0.1, 0.15) is 11.3 Å². The Morgan fingerprint density at radius 3 is 2.60 bits per heavy atom. The highest BCUT2D eigenvalue weighted by Crippen LogP contribution is 2.41. The molecule has 4 heterocycles. The Balaban J connectivity index is 1.46. The average molecular weight is 554 g/mol. The summed E-state index contributed by atoms with van der Waals surface area (Å²) in [5, 5.41) is 21.6. The second-order valence-electron chi connectivity index (χ2n) is 8.45. The number of fused-ring (bicyclic) bond motifs is 1. The molecular weight excluding hydrogens is 531 g/mol. The molecule has 4 aromatic heterocycles. The summed E-state index contributed by atoms with van der Waals surface area (Å²) < 4.78 is 46.1. The van der Waals surface area contributed by atoms with Crippen LogP contribution in [0.2, 0.25) is 0 Å². The lowest BCUT2D eigenvalue weighted by molar-refractivity contribution is -0.137. The molecule has 0 spiro atoms. The first-order valence-electron chi connectivity index (χ1n) is 11.8. The molecule has 0 saturated heterocycles. The smallest absolute Gasteiger partial charge is 0.416 e. The predicted octanol–water partition coefficient (Wildman–Crippen LogP) is 3.77. The Morgan fingerprint density at radius 2 is 1.90 bits per heavy atom. The number of aliphatic hydroxyl groups is 1. The monoisotopic (exact) mass is 553 g/mol. The van der Waals surface area contributed by atoms with Crippen LogP contribution in [0.25, 0.3) is 28.0 Å². The number of nitrogens with one attached hydrogen (secondary N) is 3. The van der Waals surface area contributed by atoms with E-state index in [1.165, 1.54) is 12.7 Å². The van der Waals surface area contributed by atoms with Crippen molar-refractivity contribution < 1.29 is 27.5 Å². The van der Waals surface area contributed by atoms with E-state index in [9.17, 15) is 23.1 Å². The van der Waals surface area contributed by atoms with Gasteiger partial charge in [0.25, 0.3) is 0 Å². The highest BCUT2D eigenvalue weighted by Gasteiger charge is 2.31. The fraction of sp³-hybridized carbons (Fsp3) is 0.160. The Kier molecular flexibility index (Phi) is 7.31. The number of nitrogens with zero attached hydrogens (tertiary/aromatic N) is 5. The van der Waals surface area contributed by atoms with Gasteiger partial charge in [-0.2, -0.15) is 18.3 Å². The second-order valence-corrected chi connectivity index (χ2v) is 8.45. The third-order valence-corrected chi connectivity index (χ3v) is 5.87. The molecule has 1 aromatic carbocycles. The molecule has 0 bridgehead atoms. The maximum Gasteiger partial charge on any atom is 0.416 e. The minimum absolute atomic E-state index is 0.0587. The molecule has 12 nitrogen and oxygen atoms in total. The molecular formula is C25H22F3N9O3. The van der Waals surface area contributed by atoms with Crippen molar-refractivity contribution in [3.8, 4) is 22.5 Å². The fourth-order valence-corrected chi connectivity index (χ4v) is 4.18. The molecule has 0 saturated carbocycles. The average Bonchev–Trinajstić information content (AvgIpc) is 3.56. The Labute approximate surface area is 224 Å². The quantitative estimate of drug-likeness (QED) is 0.180. The van der Waals surface area contributed by atoms with Crippen LogP contribution in [-0.2, 0) is 12.7 Å². The summed E-state index contributed by atoms with van der Waals surface area (Å²) in [5.41, 5.74) is 8.91. The first-order valence-corrected chi connectivity index (χ1v) is 11.8. The number of carbonyl (C=O) groups is 1. The first-order chi connectivity index (χ1) is 19.3. The van der Waals surface area contributed by atoms with Crippen LogP contribution < -0.4 is 21.7 Å². The van der Waals surface area contributed by atoms with Gasteiger partial charge in [-0.15, -0.1) is 0 Å².